The van der Waals surface area contributed by atoms with Crippen molar-refractivity contribution in [2.24, 2.45) is 0 Å². The fourth-order valence-electron chi connectivity index (χ4n) is 1.84. The van der Waals surface area contributed by atoms with Gasteiger partial charge in [-0.3, -0.25) is 0 Å². The van der Waals surface area contributed by atoms with Crippen molar-refractivity contribution in [2.45, 2.75) is 0 Å². The van der Waals surface area contributed by atoms with Gasteiger partial charge in [0, 0.05) is 21.2 Å². The molecule has 2 aromatic carbocycles. The number of aromatic nitrogens is 2. The van der Waals surface area contributed by atoms with Gasteiger partial charge in [0.25, 0.3) is 0 Å². The van der Waals surface area contributed by atoms with Crippen molar-refractivity contribution < 1.29 is 0 Å². The average Bonchev–Trinajstić information content (AvgIpc) is 2.41. The van der Waals surface area contributed by atoms with E-state index in [9.17, 15) is 0 Å². The second-order valence-electron chi connectivity index (χ2n) is 4.13. The highest BCUT2D eigenvalue weighted by Gasteiger charge is 2.04. The number of anilines is 3. The zero-order valence-electron chi connectivity index (χ0n) is 9.97. The largest absolute Gasteiger partial charge is 0.399 e. The minimum Gasteiger partial charge on any atom is -0.399 e. The van der Waals surface area contributed by atoms with Crippen molar-refractivity contribution in [3.63, 3.8) is 0 Å². The van der Waals surface area contributed by atoms with Crippen molar-refractivity contribution in [1.29, 1.82) is 0 Å². The summed E-state index contributed by atoms with van der Waals surface area (Å²) < 4.78 is 1.04. The molecular formula is C14H11BrN4. The Morgan fingerprint density at radius 1 is 1.00 bits per heavy atom. The molecule has 3 aromatic rings. The van der Waals surface area contributed by atoms with Crippen LogP contribution in [0.4, 0.5) is 17.2 Å². The maximum Gasteiger partial charge on any atom is 0.141 e. The normalized spacial score (nSPS) is 10.6. The number of nitrogens with two attached hydrogens (primary N) is 1. The zero-order valence-corrected chi connectivity index (χ0v) is 11.6. The number of benzene rings is 2. The molecule has 0 unspecified atom stereocenters. The third kappa shape index (κ3) is 2.51. The Labute approximate surface area is 118 Å². The minimum atomic E-state index is 0.695. The van der Waals surface area contributed by atoms with Crippen LogP contribution in [-0.4, -0.2) is 9.97 Å². The lowest BCUT2D eigenvalue weighted by molar-refractivity contribution is 1.22. The Hall–Kier alpha value is -2.14. The molecule has 0 saturated carbocycles. The van der Waals surface area contributed by atoms with E-state index in [0.717, 1.165) is 26.9 Å². The highest BCUT2D eigenvalue weighted by atomic mass is 79.9. The van der Waals surface area contributed by atoms with Gasteiger partial charge in [0.15, 0.2) is 0 Å². The van der Waals surface area contributed by atoms with Crippen LogP contribution in [0, 0.1) is 0 Å². The van der Waals surface area contributed by atoms with Crippen molar-refractivity contribution in [3.8, 4) is 0 Å². The van der Waals surface area contributed by atoms with E-state index in [-0.39, 0.29) is 0 Å². The molecule has 0 aliphatic heterocycles. The summed E-state index contributed by atoms with van der Waals surface area (Å²) >= 11 is 3.41. The highest BCUT2D eigenvalue weighted by molar-refractivity contribution is 9.10. The van der Waals surface area contributed by atoms with E-state index in [1.165, 1.54) is 6.33 Å². The molecular weight excluding hydrogens is 304 g/mol. The number of hydrogen-bond donors (Lipinski definition) is 2. The van der Waals surface area contributed by atoms with E-state index in [1.807, 2.05) is 42.5 Å². The second-order valence-corrected chi connectivity index (χ2v) is 5.05. The van der Waals surface area contributed by atoms with E-state index >= 15 is 0 Å². The fraction of sp³-hybridized carbons (Fsp3) is 0. The Balaban J connectivity index is 2.03. The zero-order chi connectivity index (χ0) is 13.2. The lowest BCUT2D eigenvalue weighted by Crippen LogP contribution is -1.96. The molecule has 0 aliphatic rings. The molecule has 5 heteroatoms. The number of halogens is 1. The van der Waals surface area contributed by atoms with Crippen LogP contribution in [0.1, 0.15) is 0 Å². The number of fused-ring (bicyclic) bond motifs is 1. The number of hydrogen-bond acceptors (Lipinski definition) is 4. The van der Waals surface area contributed by atoms with Gasteiger partial charge in [0.2, 0.25) is 0 Å². The summed E-state index contributed by atoms with van der Waals surface area (Å²) in [5.74, 6) is 0.771. The van der Waals surface area contributed by atoms with Gasteiger partial charge in [0.1, 0.15) is 12.1 Å². The smallest absolute Gasteiger partial charge is 0.141 e. The summed E-state index contributed by atoms with van der Waals surface area (Å²) in [6, 6.07) is 13.5. The molecule has 3 rings (SSSR count). The Kier molecular flexibility index (Phi) is 3.05. The molecule has 0 amide bonds. The number of nitrogens with one attached hydrogen (secondary N) is 1. The van der Waals surface area contributed by atoms with Gasteiger partial charge in [0.05, 0.1) is 5.52 Å². The SMILES string of the molecule is Nc1ccc2c(Nc3ccc(Br)cc3)ncnc2c1. The molecule has 0 spiro atoms. The van der Waals surface area contributed by atoms with Crippen LogP contribution < -0.4 is 11.1 Å². The van der Waals surface area contributed by atoms with Gasteiger partial charge >= 0.3 is 0 Å². The summed E-state index contributed by atoms with van der Waals surface area (Å²) in [6.07, 6.45) is 1.53. The standard InChI is InChI=1S/C14H11BrN4/c15-9-1-4-11(5-2-9)19-14-12-6-3-10(16)7-13(12)17-8-18-14/h1-8H,16H2,(H,17,18,19). The first kappa shape index (κ1) is 11.9. The molecule has 1 aromatic heterocycles. The number of rotatable bonds is 2. The summed E-state index contributed by atoms with van der Waals surface area (Å²) in [4.78, 5) is 8.50. The van der Waals surface area contributed by atoms with Crippen LogP contribution in [0.15, 0.2) is 53.3 Å². The maximum absolute atomic E-state index is 5.76. The third-order valence-corrected chi connectivity index (χ3v) is 3.30. The van der Waals surface area contributed by atoms with Gasteiger partial charge in [-0.25, -0.2) is 9.97 Å². The Morgan fingerprint density at radius 2 is 1.79 bits per heavy atom. The van der Waals surface area contributed by atoms with Crippen LogP contribution in [0.2, 0.25) is 0 Å². The van der Waals surface area contributed by atoms with Crippen LogP contribution in [0.3, 0.4) is 0 Å². The molecule has 0 saturated heterocycles. The molecule has 4 nitrogen and oxygen atoms in total. The van der Waals surface area contributed by atoms with Crippen molar-refractivity contribution in [3.05, 3.63) is 53.3 Å². The monoisotopic (exact) mass is 314 g/mol. The molecule has 0 aliphatic carbocycles. The van der Waals surface area contributed by atoms with Gasteiger partial charge in [-0.15, -0.1) is 0 Å². The van der Waals surface area contributed by atoms with E-state index in [4.69, 9.17) is 5.73 Å². The molecule has 1 heterocycles. The summed E-state index contributed by atoms with van der Waals surface area (Å²) in [5.41, 5.74) is 8.25. The lowest BCUT2D eigenvalue weighted by atomic mass is 10.2. The Bertz CT molecular complexity index is 725. The molecule has 19 heavy (non-hydrogen) atoms. The van der Waals surface area contributed by atoms with Crippen LogP contribution >= 0.6 is 15.9 Å². The van der Waals surface area contributed by atoms with E-state index in [2.05, 4.69) is 31.2 Å². The summed E-state index contributed by atoms with van der Waals surface area (Å²) in [5, 5.41) is 4.22. The first-order valence-corrected chi connectivity index (χ1v) is 6.54. The number of nitrogen functional groups attached to an aromatic ring is 1. The fourth-order valence-corrected chi connectivity index (χ4v) is 2.11. The molecule has 0 atom stereocenters. The van der Waals surface area contributed by atoms with Gasteiger partial charge in [-0.2, -0.15) is 0 Å². The molecule has 0 bridgehead atoms. The van der Waals surface area contributed by atoms with Crippen molar-refractivity contribution in [1.82, 2.24) is 9.97 Å². The number of nitrogens with zero attached hydrogens (tertiary/aromatic N) is 2. The van der Waals surface area contributed by atoms with Gasteiger partial charge in [-0.1, -0.05) is 15.9 Å². The summed E-state index contributed by atoms with van der Waals surface area (Å²) in [6.45, 7) is 0. The average molecular weight is 315 g/mol. The molecule has 0 radical (unpaired) electrons. The predicted octanol–water partition coefficient (Wildman–Crippen LogP) is 3.72. The van der Waals surface area contributed by atoms with Crippen LogP contribution in [-0.2, 0) is 0 Å². The van der Waals surface area contributed by atoms with Gasteiger partial charge in [-0.05, 0) is 42.5 Å². The quantitative estimate of drug-likeness (QED) is 0.708. The van der Waals surface area contributed by atoms with E-state index in [0.29, 0.717) is 5.69 Å². The summed E-state index contributed by atoms with van der Waals surface area (Å²) in [7, 11) is 0. The highest BCUT2D eigenvalue weighted by Crippen LogP contribution is 2.25. The molecule has 3 N–H and O–H groups in total. The van der Waals surface area contributed by atoms with E-state index in [1.54, 1.807) is 0 Å². The van der Waals surface area contributed by atoms with Gasteiger partial charge < -0.3 is 11.1 Å². The minimum absolute atomic E-state index is 0.695. The van der Waals surface area contributed by atoms with E-state index < -0.39 is 0 Å². The second kappa shape index (κ2) is 4.85. The molecule has 0 fully saturated rings. The van der Waals surface area contributed by atoms with Crippen LogP contribution in [0.5, 0.6) is 0 Å². The van der Waals surface area contributed by atoms with Crippen molar-refractivity contribution in [2.75, 3.05) is 11.1 Å². The Morgan fingerprint density at radius 3 is 2.58 bits per heavy atom. The first-order valence-electron chi connectivity index (χ1n) is 5.75. The third-order valence-electron chi connectivity index (χ3n) is 2.77. The lowest BCUT2D eigenvalue weighted by Gasteiger charge is -2.08. The van der Waals surface area contributed by atoms with Crippen molar-refractivity contribution >= 4 is 44.0 Å². The predicted molar refractivity (Wildman–Crippen MR) is 81.4 cm³/mol. The topological polar surface area (TPSA) is 63.8 Å². The molecule has 94 valence electrons. The van der Waals surface area contributed by atoms with Crippen LogP contribution in [0.25, 0.3) is 10.9 Å². The first-order chi connectivity index (χ1) is 9.22. The maximum atomic E-state index is 5.76.